The Hall–Kier alpha value is -1.58. The fourth-order valence-corrected chi connectivity index (χ4v) is 2.17. The molecule has 0 radical (unpaired) electrons. The quantitative estimate of drug-likeness (QED) is 0.665. The monoisotopic (exact) mass is 190 g/mol. The molecule has 0 spiro atoms. The van der Waals surface area contributed by atoms with E-state index in [1.54, 1.807) is 6.26 Å². The van der Waals surface area contributed by atoms with Gasteiger partial charge in [-0.3, -0.25) is 4.79 Å². The van der Waals surface area contributed by atoms with Crippen LogP contribution in [0.25, 0.3) is 0 Å². The van der Waals surface area contributed by atoms with Crippen LogP contribution < -0.4 is 5.43 Å². The smallest absolute Gasteiger partial charge is 0.240 e. The van der Waals surface area contributed by atoms with Crippen molar-refractivity contribution >= 4 is 11.6 Å². The van der Waals surface area contributed by atoms with Crippen LogP contribution in [0.3, 0.4) is 0 Å². The Labute approximate surface area is 81.0 Å². The lowest BCUT2D eigenvalue weighted by atomic mass is 9.83. The highest BCUT2D eigenvalue weighted by Gasteiger charge is 2.31. The number of nitrogens with zero attached hydrogens (tertiary/aromatic N) is 1. The minimum atomic E-state index is 0.0192. The molecule has 4 nitrogen and oxygen atoms in total. The van der Waals surface area contributed by atoms with Crippen LogP contribution >= 0.6 is 0 Å². The van der Waals surface area contributed by atoms with Crippen LogP contribution in [0.2, 0.25) is 0 Å². The number of hydrazone groups is 1. The van der Waals surface area contributed by atoms with Gasteiger partial charge >= 0.3 is 0 Å². The first-order valence-corrected chi connectivity index (χ1v) is 4.78. The topological polar surface area (TPSA) is 54.6 Å². The molecule has 1 aliphatic heterocycles. The molecule has 2 heterocycles. The molecule has 1 aliphatic carbocycles. The minimum Gasteiger partial charge on any atom is -0.469 e. The Morgan fingerprint density at radius 2 is 2.50 bits per heavy atom. The fraction of sp³-hybridized carbons (Fsp3) is 0.400. The minimum absolute atomic E-state index is 0.0192. The molecular weight excluding hydrogens is 180 g/mol. The summed E-state index contributed by atoms with van der Waals surface area (Å²) in [5, 5.41) is 4.10. The second-order valence-corrected chi connectivity index (χ2v) is 3.73. The molecule has 14 heavy (non-hydrogen) atoms. The standard InChI is InChI=1S/C10H10N2O2/c13-9-5-6-1-2-8-7(3-4-14-8)10(6)12-11-9/h3-4,6H,1-2,5H2,(H,11,13). The SMILES string of the molecule is O=C1CC2CCc3occc3C2=NN1. The molecule has 72 valence electrons. The maximum Gasteiger partial charge on any atom is 0.240 e. The molecule has 2 aliphatic rings. The number of hydrogen-bond donors (Lipinski definition) is 1. The van der Waals surface area contributed by atoms with Crippen LogP contribution in [0.4, 0.5) is 0 Å². The summed E-state index contributed by atoms with van der Waals surface area (Å²) in [5.41, 5.74) is 4.58. The van der Waals surface area contributed by atoms with Crippen LogP contribution in [0, 0.1) is 5.92 Å². The zero-order valence-corrected chi connectivity index (χ0v) is 7.62. The second-order valence-electron chi connectivity index (χ2n) is 3.73. The molecule has 0 aromatic carbocycles. The van der Waals surface area contributed by atoms with Gasteiger partial charge in [0.15, 0.2) is 0 Å². The van der Waals surface area contributed by atoms with Crippen LogP contribution in [0.1, 0.15) is 24.2 Å². The summed E-state index contributed by atoms with van der Waals surface area (Å²) in [5.74, 6) is 1.30. The van der Waals surface area contributed by atoms with Crippen molar-refractivity contribution in [2.75, 3.05) is 0 Å². The van der Waals surface area contributed by atoms with Gasteiger partial charge in [-0.2, -0.15) is 5.10 Å². The Morgan fingerprint density at radius 3 is 3.43 bits per heavy atom. The van der Waals surface area contributed by atoms with Gasteiger partial charge in [0, 0.05) is 24.3 Å². The third-order valence-electron chi connectivity index (χ3n) is 2.86. The lowest BCUT2D eigenvalue weighted by molar-refractivity contribution is -0.122. The van der Waals surface area contributed by atoms with Crippen LogP contribution in [0.15, 0.2) is 21.8 Å². The van der Waals surface area contributed by atoms with Crippen molar-refractivity contribution < 1.29 is 9.21 Å². The van der Waals surface area contributed by atoms with Gasteiger partial charge < -0.3 is 4.42 Å². The molecule has 3 rings (SSSR count). The Bertz CT molecular complexity index is 420. The van der Waals surface area contributed by atoms with Crippen molar-refractivity contribution in [3.63, 3.8) is 0 Å². The lowest BCUT2D eigenvalue weighted by Crippen LogP contribution is -2.35. The molecule has 0 saturated heterocycles. The molecule has 0 bridgehead atoms. The van der Waals surface area contributed by atoms with Gasteiger partial charge in [0.25, 0.3) is 0 Å². The van der Waals surface area contributed by atoms with Crippen LogP contribution in [0.5, 0.6) is 0 Å². The molecule has 1 unspecified atom stereocenters. The molecule has 4 heteroatoms. The zero-order valence-electron chi connectivity index (χ0n) is 7.62. The average molecular weight is 190 g/mol. The van der Waals surface area contributed by atoms with Gasteiger partial charge in [-0.05, 0) is 12.5 Å². The van der Waals surface area contributed by atoms with E-state index in [2.05, 4.69) is 10.5 Å². The number of hydrogen-bond acceptors (Lipinski definition) is 3. The first-order chi connectivity index (χ1) is 6.84. The van der Waals surface area contributed by atoms with Crippen molar-refractivity contribution in [2.24, 2.45) is 11.0 Å². The highest BCUT2D eigenvalue weighted by atomic mass is 16.3. The van der Waals surface area contributed by atoms with Gasteiger partial charge in [0.2, 0.25) is 5.91 Å². The maximum atomic E-state index is 11.1. The number of nitrogens with one attached hydrogen (secondary N) is 1. The van der Waals surface area contributed by atoms with E-state index >= 15 is 0 Å². The largest absolute Gasteiger partial charge is 0.469 e. The van der Waals surface area contributed by atoms with E-state index in [-0.39, 0.29) is 11.8 Å². The summed E-state index contributed by atoms with van der Waals surface area (Å²) in [4.78, 5) is 11.1. The van der Waals surface area contributed by atoms with Gasteiger partial charge in [-0.1, -0.05) is 0 Å². The van der Waals surface area contributed by atoms with Gasteiger partial charge in [0.05, 0.1) is 12.0 Å². The molecular formula is C10H10N2O2. The summed E-state index contributed by atoms with van der Waals surface area (Å²) in [6, 6.07) is 1.93. The number of aryl methyl sites for hydroxylation is 1. The van der Waals surface area contributed by atoms with E-state index < -0.39 is 0 Å². The first kappa shape index (κ1) is 7.79. The predicted molar refractivity (Wildman–Crippen MR) is 49.8 cm³/mol. The molecule has 1 atom stereocenters. The number of rotatable bonds is 0. The highest BCUT2D eigenvalue weighted by molar-refractivity contribution is 6.07. The molecule has 0 fully saturated rings. The molecule has 0 saturated carbocycles. The lowest BCUT2D eigenvalue weighted by Gasteiger charge is -2.25. The summed E-state index contributed by atoms with van der Waals surface area (Å²) in [6.07, 6.45) is 4.13. The third-order valence-corrected chi connectivity index (χ3v) is 2.86. The molecule has 1 aromatic rings. The van der Waals surface area contributed by atoms with E-state index in [1.165, 1.54) is 0 Å². The van der Waals surface area contributed by atoms with Gasteiger partial charge in [-0.15, -0.1) is 0 Å². The third kappa shape index (κ3) is 0.999. The summed E-state index contributed by atoms with van der Waals surface area (Å²) >= 11 is 0. The number of fused-ring (bicyclic) bond motifs is 3. The summed E-state index contributed by atoms with van der Waals surface area (Å²) < 4.78 is 5.34. The number of amides is 1. The van der Waals surface area contributed by atoms with E-state index in [9.17, 15) is 4.79 Å². The zero-order chi connectivity index (χ0) is 9.54. The van der Waals surface area contributed by atoms with Crippen LogP contribution in [-0.2, 0) is 11.2 Å². The van der Waals surface area contributed by atoms with Gasteiger partial charge in [-0.25, -0.2) is 5.43 Å². The Kier molecular flexibility index (Phi) is 1.50. The Morgan fingerprint density at radius 1 is 1.57 bits per heavy atom. The predicted octanol–water partition coefficient (Wildman–Crippen LogP) is 1.07. The molecule has 1 aromatic heterocycles. The fourth-order valence-electron chi connectivity index (χ4n) is 2.17. The van der Waals surface area contributed by atoms with E-state index in [0.717, 1.165) is 29.9 Å². The summed E-state index contributed by atoms with van der Waals surface area (Å²) in [7, 11) is 0. The number of carbonyl (C=O) groups excluding carboxylic acids is 1. The van der Waals surface area contributed by atoms with Crippen molar-refractivity contribution in [1.82, 2.24) is 5.43 Å². The van der Waals surface area contributed by atoms with Crippen molar-refractivity contribution in [1.29, 1.82) is 0 Å². The Balaban J connectivity index is 2.08. The molecule has 1 amide bonds. The first-order valence-electron chi connectivity index (χ1n) is 4.78. The van der Waals surface area contributed by atoms with E-state index in [0.29, 0.717) is 6.42 Å². The number of carbonyl (C=O) groups is 1. The van der Waals surface area contributed by atoms with E-state index in [1.807, 2.05) is 6.07 Å². The van der Waals surface area contributed by atoms with Crippen molar-refractivity contribution in [3.8, 4) is 0 Å². The average Bonchev–Trinajstić information content (AvgIpc) is 2.65. The highest BCUT2D eigenvalue weighted by Crippen LogP contribution is 2.30. The normalized spacial score (nSPS) is 24.7. The maximum absolute atomic E-state index is 11.1. The van der Waals surface area contributed by atoms with Crippen molar-refractivity contribution in [2.45, 2.75) is 19.3 Å². The van der Waals surface area contributed by atoms with Crippen molar-refractivity contribution in [3.05, 3.63) is 23.7 Å². The molecule has 1 N–H and O–H groups in total. The van der Waals surface area contributed by atoms with Crippen LogP contribution in [-0.4, -0.2) is 11.6 Å². The van der Waals surface area contributed by atoms with Gasteiger partial charge in [0.1, 0.15) is 5.76 Å². The number of furan rings is 1. The summed E-state index contributed by atoms with van der Waals surface area (Å²) in [6.45, 7) is 0. The second kappa shape index (κ2) is 2.70. The van der Waals surface area contributed by atoms with E-state index in [4.69, 9.17) is 4.42 Å².